The lowest BCUT2D eigenvalue weighted by Gasteiger charge is -2.35. The molecule has 2 heterocycles. The lowest BCUT2D eigenvalue weighted by molar-refractivity contribution is -0.135. The van der Waals surface area contributed by atoms with Crippen molar-refractivity contribution in [1.82, 2.24) is 14.7 Å². The first-order valence-electron chi connectivity index (χ1n) is 9.44. The summed E-state index contributed by atoms with van der Waals surface area (Å²) in [6, 6.07) is 3.64. The van der Waals surface area contributed by atoms with Crippen LogP contribution in [0.4, 0.5) is 0 Å². The molecule has 0 aromatic carbocycles. The maximum atomic E-state index is 12.5. The van der Waals surface area contributed by atoms with Gasteiger partial charge in [0.2, 0.25) is 11.8 Å². The molecular formula is C19H27N3O4. The minimum absolute atomic E-state index is 0.0542. The van der Waals surface area contributed by atoms with E-state index in [-0.39, 0.29) is 17.7 Å². The van der Waals surface area contributed by atoms with Gasteiger partial charge >= 0.3 is 0 Å². The van der Waals surface area contributed by atoms with E-state index in [1.165, 1.54) is 6.26 Å². The minimum Gasteiger partial charge on any atom is -0.459 e. The van der Waals surface area contributed by atoms with E-state index >= 15 is 0 Å². The molecule has 1 aliphatic carbocycles. The molecule has 0 atom stereocenters. The van der Waals surface area contributed by atoms with Crippen LogP contribution in [0, 0.1) is 0 Å². The second-order valence-electron chi connectivity index (χ2n) is 7.05. The number of carbonyl (C=O) groups excluding carboxylic acids is 3. The molecule has 7 nitrogen and oxygen atoms in total. The molecule has 2 aliphatic rings. The van der Waals surface area contributed by atoms with E-state index in [0.717, 1.165) is 25.7 Å². The fraction of sp³-hybridized carbons (Fsp3) is 0.632. The van der Waals surface area contributed by atoms with Gasteiger partial charge in [0, 0.05) is 52.1 Å². The molecule has 1 aromatic rings. The summed E-state index contributed by atoms with van der Waals surface area (Å²) in [5.41, 5.74) is 0. The van der Waals surface area contributed by atoms with Crippen LogP contribution in [0.25, 0.3) is 0 Å². The summed E-state index contributed by atoms with van der Waals surface area (Å²) in [5.74, 6) is 0.308. The van der Waals surface area contributed by atoms with E-state index in [1.54, 1.807) is 28.9 Å². The Labute approximate surface area is 153 Å². The third-order valence-corrected chi connectivity index (χ3v) is 5.39. The summed E-state index contributed by atoms with van der Waals surface area (Å²) in [6.45, 7) is 4.13. The van der Waals surface area contributed by atoms with E-state index in [0.29, 0.717) is 50.9 Å². The molecule has 0 N–H and O–H groups in total. The highest BCUT2D eigenvalue weighted by Crippen LogP contribution is 2.24. The summed E-state index contributed by atoms with van der Waals surface area (Å²) in [7, 11) is 0. The van der Waals surface area contributed by atoms with E-state index in [1.807, 2.05) is 4.90 Å². The summed E-state index contributed by atoms with van der Waals surface area (Å²) in [6.07, 6.45) is 6.24. The van der Waals surface area contributed by atoms with Crippen LogP contribution in [0.5, 0.6) is 0 Å². The molecule has 3 amide bonds. The monoisotopic (exact) mass is 361 g/mol. The topological polar surface area (TPSA) is 74.1 Å². The van der Waals surface area contributed by atoms with Gasteiger partial charge in [-0.25, -0.2) is 0 Å². The maximum Gasteiger partial charge on any atom is 0.289 e. The van der Waals surface area contributed by atoms with E-state index in [9.17, 15) is 14.4 Å². The lowest BCUT2D eigenvalue weighted by Crippen LogP contribution is -2.51. The van der Waals surface area contributed by atoms with Crippen molar-refractivity contribution in [2.24, 2.45) is 0 Å². The highest BCUT2D eigenvalue weighted by Gasteiger charge is 2.28. The average Bonchev–Trinajstić information content (AvgIpc) is 3.35. The minimum atomic E-state index is -0.133. The van der Waals surface area contributed by atoms with Crippen LogP contribution in [0.2, 0.25) is 0 Å². The number of rotatable bonds is 5. The zero-order valence-electron chi connectivity index (χ0n) is 15.4. The van der Waals surface area contributed by atoms with Gasteiger partial charge in [0.1, 0.15) is 0 Å². The number of hydrogen-bond acceptors (Lipinski definition) is 4. The Morgan fingerprint density at radius 3 is 2.35 bits per heavy atom. The van der Waals surface area contributed by atoms with Crippen LogP contribution in [-0.4, -0.2) is 71.2 Å². The molecular weight excluding hydrogens is 334 g/mol. The molecule has 0 radical (unpaired) electrons. The standard InChI is InChI=1S/C19H27N3O4/c1-15(23)22(16-5-2-3-6-16)9-8-18(24)20-10-12-21(13-11-20)19(25)17-7-4-14-26-17/h4,7,14,16H,2-3,5-6,8-13H2,1H3. The number of piperazine rings is 1. The maximum absolute atomic E-state index is 12.5. The second-order valence-corrected chi connectivity index (χ2v) is 7.05. The van der Waals surface area contributed by atoms with Gasteiger partial charge in [-0.1, -0.05) is 12.8 Å². The van der Waals surface area contributed by atoms with Gasteiger partial charge in [0.25, 0.3) is 5.91 Å². The lowest BCUT2D eigenvalue weighted by atomic mass is 10.2. The quantitative estimate of drug-likeness (QED) is 0.801. The average molecular weight is 361 g/mol. The number of furan rings is 1. The van der Waals surface area contributed by atoms with Crippen LogP contribution in [0.15, 0.2) is 22.8 Å². The van der Waals surface area contributed by atoms with E-state index < -0.39 is 0 Å². The van der Waals surface area contributed by atoms with Gasteiger partial charge in [-0.3, -0.25) is 14.4 Å². The Morgan fingerprint density at radius 1 is 1.12 bits per heavy atom. The van der Waals surface area contributed by atoms with Gasteiger partial charge in [-0.2, -0.15) is 0 Å². The largest absolute Gasteiger partial charge is 0.459 e. The number of carbonyl (C=O) groups is 3. The predicted molar refractivity (Wildman–Crippen MR) is 95.5 cm³/mol. The van der Waals surface area contributed by atoms with Crippen LogP contribution >= 0.6 is 0 Å². The van der Waals surface area contributed by atoms with Gasteiger partial charge < -0.3 is 19.1 Å². The van der Waals surface area contributed by atoms with Crippen LogP contribution in [0.1, 0.15) is 49.6 Å². The molecule has 1 saturated carbocycles. The smallest absolute Gasteiger partial charge is 0.289 e. The summed E-state index contributed by atoms with van der Waals surface area (Å²) < 4.78 is 5.15. The molecule has 0 bridgehead atoms. The predicted octanol–water partition coefficient (Wildman–Crippen LogP) is 1.75. The fourth-order valence-corrected chi connectivity index (χ4v) is 3.90. The van der Waals surface area contributed by atoms with Gasteiger partial charge in [0.05, 0.1) is 6.26 Å². The van der Waals surface area contributed by atoms with Gasteiger partial charge in [-0.15, -0.1) is 0 Å². The highest BCUT2D eigenvalue weighted by molar-refractivity contribution is 5.91. The van der Waals surface area contributed by atoms with Gasteiger partial charge in [-0.05, 0) is 25.0 Å². The van der Waals surface area contributed by atoms with E-state index in [2.05, 4.69) is 0 Å². The number of amides is 3. The third kappa shape index (κ3) is 4.26. The molecule has 1 aliphatic heterocycles. The van der Waals surface area contributed by atoms with Crippen molar-refractivity contribution in [2.75, 3.05) is 32.7 Å². The Bertz CT molecular complexity index is 629. The second kappa shape index (κ2) is 8.38. The third-order valence-electron chi connectivity index (χ3n) is 5.39. The normalized spacial score (nSPS) is 18.2. The fourth-order valence-electron chi connectivity index (χ4n) is 3.90. The van der Waals surface area contributed by atoms with Crippen molar-refractivity contribution < 1.29 is 18.8 Å². The Kier molecular flexibility index (Phi) is 5.96. The molecule has 26 heavy (non-hydrogen) atoms. The van der Waals surface area contributed by atoms with Crippen molar-refractivity contribution in [3.8, 4) is 0 Å². The van der Waals surface area contributed by atoms with Crippen molar-refractivity contribution in [1.29, 1.82) is 0 Å². The summed E-state index contributed by atoms with van der Waals surface area (Å²) >= 11 is 0. The van der Waals surface area contributed by atoms with Crippen LogP contribution in [-0.2, 0) is 9.59 Å². The molecule has 1 aromatic heterocycles. The SMILES string of the molecule is CC(=O)N(CCC(=O)N1CCN(C(=O)c2ccco2)CC1)C1CCCC1. The Hall–Kier alpha value is -2.31. The van der Waals surface area contributed by atoms with Crippen LogP contribution in [0.3, 0.4) is 0 Å². The zero-order valence-corrected chi connectivity index (χ0v) is 15.4. The molecule has 0 unspecified atom stereocenters. The Balaban J connectivity index is 1.46. The zero-order chi connectivity index (χ0) is 18.5. The molecule has 1 saturated heterocycles. The number of hydrogen-bond donors (Lipinski definition) is 0. The van der Waals surface area contributed by atoms with Crippen molar-refractivity contribution in [2.45, 2.75) is 45.1 Å². The molecule has 142 valence electrons. The molecule has 2 fully saturated rings. The molecule has 3 rings (SSSR count). The summed E-state index contributed by atoms with van der Waals surface area (Å²) in [5, 5.41) is 0. The van der Waals surface area contributed by atoms with Crippen LogP contribution < -0.4 is 0 Å². The molecule has 7 heteroatoms. The van der Waals surface area contributed by atoms with Crippen molar-refractivity contribution >= 4 is 17.7 Å². The van der Waals surface area contributed by atoms with Crippen molar-refractivity contribution in [3.05, 3.63) is 24.2 Å². The first kappa shape index (κ1) is 18.5. The van der Waals surface area contributed by atoms with E-state index in [4.69, 9.17) is 4.42 Å². The van der Waals surface area contributed by atoms with Gasteiger partial charge in [0.15, 0.2) is 5.76 Å². The first-order chi connectivity index (χ1) is 12.6. The number of nitrogens with zero attached hydrogens (tertiary/aromatic N) is 3. The highest BCUT2D eigenvalue weighted by atomic mass is 16.3. The molecule has 0 spiro atoms. The first-order valence-corrected chi connectivity index (χ1v) is 9.44. The summed E-state index contributed by atoms with van der Waals surface area (Å²) in [4.78, 5) is 42.0. The Morgan fingerprint density at radius 2 is 1.77 bits per heavy atom. The van der Waals surface area contributed by atoms with Crippen molar-refractivity contribution in [3.63, 3.8) is 0 Å².